The minimum absolute atomic E-state index is 0.111. The van der Waals surface area contributed by atoms with Crippen molar-refractivity contribution in [2.24, 2.45) is 0 Å². The molecule has 11 heavy (non-hydrogen) atoms. The summed E-state index contributed by atoms with van der Waals surface area (Å²) in [5.74, 6) is 0.183. The second-order valence-electron chi connectivity index (χ2n) is 2.92. The number of aldehydes is 1. The largest absolute Gasteiger partial charge is 0.332 e. The predicted molar refractivity (Wildman–Crippen MR) is 38.9 cm³/mol. The van der Waals surface area contributed by atoms with Crippen LogP contribution in [0.5, 0.6) is 0 Å². The summed E-state index contributed by atoms with van der Waals surface area (Å²) < 4.78 is 0. The molecule has 3 nitrogen and oxygen atoms in total. The van der Waals surface area contributed by atoms with Gasteiger partial charge in [-0.1, -0.05) is 6.08 Å². The van der Waals surface area contributed by atoms with E-state index in [0.29, 0.717) is 13.0 Å². The average Bonchev–Trinajstić information content (AvgIpc) is 2.53. The quantitative estimate of drug-likeness (QED) is 0.499. The fourth-order valence-corrected chi connectivity index (χ4v) is 1.78. The Labute approximate surface area is 64.7 Å². The van der Waals surface area contributed by atoms with Gasteiger partial charge in [-0.05, 0) is 6.42 Å². The number of hydrogen-bond donors (Lipinski definition) is 0. The van der Waals surface area contributed by atoms with Crippen LogP contribution in [0.25, 0.3) is 0 Å². The Balaban J connectivity index is 2.23. The van der Waals surface area contributed by atoms with Crippen LogP contribution in [0.1, 0.15) is 12.8 Å². The van der Waals surface area contributed by atoms with Crippen molar-refractivity contribution < 1.29 is 9.59 Å². The van der Waals surface area contributed by atoms with Gasteiger partial charge in [0, 0.05) is 18.5 Å². The summed E-state index contributed by atoms with van der Waals surface area (Å²) >= 11 is 0. The molecular weight excluding hydrogens is 142 g/mol. The predicted octanol–water partition coefficient (Wildman–Crippen LogP) is 0.116. The highest BCUT2D eigenvalue weighted by molar-refractivity contribution is 5.85. The van der Waals surface area contributed by atoms with Crippen LogP contribution >= 0.6 is 0 Å². The Morgan fingerprint density at radius 2 is 2.45 bits per heavy atom. The Morgan fingerprint density at radius 1 is 1.64 bits per heavy atom. The van der Waals surface area contributed by atoms with Gasteiger partial charge < -0.3 is 4.90 Å². The van der Waals surface area contributed by atoms with Crippen molar-refractivity contribution in [3.05, 3.63) is 11.6 Å². The van der Waals surface area contributed by atoms with Gasteiger partial charge in [-0.2, -0.15) is 0 Å². The van der Waals surface area contributed by atoms with Gasteiger partial charge in [0.25, 0.3) is 0 Å². The van der Waals surface area contributed by atoms with Crippen LogP contribution in [-0.2, 0) is 9.59 Å². The van der Waals surface area contributed by atoms with Gasteiger partial charge >= 0.3 is 0 Å². The summed E-state index contributed by atoms with van der Waals surface area (Å²) in [6, 6.07) is 0.111. The molecule has 2 aliphatic rings. The molecule has 3 heteroatoms. The van der Waals surface area contributed by atoms with E-state index in [1.54, 1.807) is 4.90 Å². The van der Waals surface area contributed by atoms with Gasteiger partial charge in [0.2, 0.25) is 5.91 Å². The van der Waals surface area contributed by atoms with Crippen molar-refractivity contribution in [2.75, 3.05) is 6.54 Å². The molecule has 0 saturated carbocycles. The molecule has 0 spiro atoms. The molecule has 1 saturated heterocycles. The highest BCUT2D eigenvalue weighted by Gasteiger charge is 2.35. The molecule has 0 aromatic rings. The molecule has 0 aromatic carbocycles. The zero-order chi connectivity index (χ0) is 7.84. The molecule has 2 aliphatic heterocycles. The van der Waals surface area contributed by atoms with Gasteiger partial charge in [-0.25, -0.2) is 0 Å². The highest BCUT2D eigenvalue weighted by Crippen LogP contribution is 2.27. The zero-order valence-electron chi connectivity index (χ0n) is 6.12. The standard InChI is InChI=1S/C8H9NO2/c10-5-6-3-4-9-7(6)1-2-8(9)11/h3,5,7H,1-2,4H2/t7-/m0/s1. The third-order valence-corrected chi connectivity index (χ3v) is 2.37. The van der Waals surface area contributed by atoms with Crippen LogP contribution in [0.3, 0.4) is 0 Å². The average molecular weight is 151 g/mol. The van der Waals surface area contributed by atoms with Crippen LogP contribution in [0.4, 0.5) is 0 Å². The lowest BCUT2D eigenvalue weighted by atomic mass is 10.1. The minimum Gasteiger partial charge on any atom is -0.332 e. The van der Waals surface area contributed by atoms with Crippen LogP contribution < -0.4 is 0 Å². The Kier molecular flexibility index (Phi) is 1.31. The summed E-state index contributed by atoms with van der Waals surface area (Å²) in [6.45, 7) is 0.636. The van der Waals surface area contributed by atoms with E-state index >= 15 is 0 Å². The first-order valence-electron chi connectivity index (χ1n) is 3.77. The fourth-order valence-electron chi connectivity index (χ4n) is 1.78. The summed E-state index contributed by atoms with van der Waals surface area (Å²) in [5.41, 5.74) is 0.788. The fraction of sp³-hybridized carbons (Fsp3) is 0.500. The summed E-state index contributed by atoms with van der Waals surface area (Å²) in [6.07, 6.45) is 4.14. The van der Waals surface area contributed by atoms with Crippen LogP contribution in [0.2, 0.25) is 0 Å². The van der Waals surface area contributed by atoms with Crippen molar-refractivity contribution in [2.45, 2.75) is 18.9 Å². The molecule has 58 valence electrons. The monoisotopic (exact) mass is 151 g/mol. The maximum absolute atomic E-state index is 11.1. The van der Waals surface area contributed by atoms with Crippen LogP contribution in [0.15, 0.2) is 11.6 Å². The lowest BCUT2D eigenvalue weighted by Gasteiger charge is -2.15. The van der Waals surface area contributed by atoms with Crippen molar-refractivity contribution >= 4 is 12.2 Å². The van der Waals surface area contributed by atoms with Crippen LogP contribution in [0, 0.1) is 0 Å². The number of rotatable bonds is 1. The number of carbonyl (C=O) groups is 2. The second kappa shape index (κ2) is 2.19. The molecule has 0 N–H and O–H groups in total. The number of fused-ring (bicyclic) bond motifs is 1. The summed E-state index contributed by atoms with van der Waals surface area (Å²) in [5, 5.41) is 0. The van der Waals surface area contributed by atoms with E-state index in [-0.39, 0.29) is 11.9 Å². The summed E-state index contributed by atoms with van der Waals surface area (Å²) in [7, 11) is 0. The molecule has 2 rings (SSSR count). The molecule has 0 aliphatic carbocycles. The first-order chi connectivity index (χ1) is 5.33. The molecule has 1 fully saturated rings. The molecule has 1 atom stereocenters. The van der Waals surface area contributed by atoms with Crippen molar-refractivity contribution in [3.63, 3.8) is 0 Å². The molecule has 1 amide bonds. The van der Waals surface area contributed by atoms with Gasteiger partial charge in [0.05, 0.1) is 6.04 Å². The third-order valence-electron chi connectivity index (χ3n) is 2.37. The maximum Gasteiger partial charge on any atom is 0.223 e. The Bertz CT molecular complexity index is 244. The first kappa shape index (κ1) is 6.58. The smallest absolute Gasteiger partial charge is 0.223 e. The first-order valence-corrected chi connectivity index (χ1v) is 3.77. The number of nitrogens with zero attached hydrogens (tertiary/aromatic N) is 1. The minimum atomic E-state index is 0.111. The van der Waals surface area contributed by atoms with E-state index in [0.717, 1.165) is 18.3 Å². The third kappa shape index (κ3) is 0.803. The van der Waals surface area contributed by atoms with E-state index in [1.165, 1.54) is 0 Å². The van der Waals surface area contributed by atoms with Crippen LogP contribution in [-0.4, -0.2) is 29.7 Å². The Hall–Kier alpha value is -1.12. The van der Waals surface area contributed by atoms with E-state index < -0.39 is 0 Å². The van der Waals surface area contributed by atoms with Gasteiger partial charge in [-0.15, -0.1) is 0 Å². The Morgan fingerprint density at radius 3 is 3.18 bits per heavy atom. The highest BCUT2D eigenvalue weighted by atomic mass is 16.2. The SMILES string of the molecule is O=CC1=CCN2C(=O)CC[C@@H]12. The van der Waals surface area contributed by atoms with E-state index in [2.05, 4.69) is 0 Å². The molecule has 2 heterocycles. The summed E-state index contributed by atoms with van der Waals surface area (Å²) in [4.78, 5) is 23.3. The van der Waals surface area contributed by atoms with Gasteiger partial charge in [-0.3, -0.25) is 9.59 Å². The van der Waals surface area contributed by atoms with Crippen molar-refractivity contribution in [1.82, 2.24) is 4.90 Å². The number of carbonyl (C=O) groups excluding carboxylic acids is 2. The molecule has 0 unspecified atom stereocenters. The molecule has 0 aromatic heterocycles. The molecule has 0 bridgehead atoms. The lowest BCUT2D eigenvalue weighted by Crippen LogP contribution is -2.29. The van der Waals surface area contributed by atoms with Crippen molar-refractivity contribution in [1.29, 1.82) is 0 Å². The number of amides is 1. The molecular formula is C8H9NO2. The van der Waals surface area contributed by atoms with Gasteiger partial charge in [0.1, 0.15) is 6.29 Å². The van der Waals surface area contributed by atoms with E-state index in [1.807, 2.05) is 6.08 Å². The van der Waals surface area contributed by atoms with Gasteiger partial charge in [0.15, 0.2) is 0 Å². The zero-order valence-corrected chi connectivity index (χ0v) is 6.12. The van der Waals surface area contributed by atoms with E-state index in [9.17, 15) is 9.59 Å². The maximum atomic E-state index is 11.1. The topological polar surface area (TPSA) is 37.4 Å². The van der Waals surface area contributed by atoms with Crippen molar-refractivity contribution in [3.8, 4) is 0 Å². The second-order valence-corrected chi connectivity index (χ2v) is 2.92. The number of hydrogen-bond acceptors (Lipinski definition) is 2. The lowest BCUT2D eigenvalue weighted by molar-refractivity contribution is -0.127. The van der Waals surface area contributed by atoms with E-state index in [4.69, 9.17) is 0 Å². The molecule has 0 radical (unpaired) electrons. The normalized spacial score (nSPS) is 28.7.